The van der Waals surface area contributed by atoms with Crippen molar-refractivity contribution in [3.05, 3.63) is 77.0 Å². The molecule has 0 saturated heterocycles. The molecule has 0 aliphatic carbocycles. The van der Waals surface area contributed by atoms with Crippen molar-refractivity contribution in [1.82, 2.24) is 0 Å². The van der Waals surface area contributed by atoms with E-state index in [1.54, 1.807) is 0 Å². The third-order valence-corrected chi connectivity index (χ3v) is 3.80. The highest BCUT2D eigenvalue weighted by atomic mass is 16.5. The lowest BCUT2D eigenvalue weighted by molar-refractivity contribution is -0.538. The molecule has 3 heteroatoms. The molecule has 0 fully saturated rings. The van der Waals surface area contributed by atoms with Crippen LogP contribution in [0.5, 0.6) is 0 Å². The summed E-state index contributed by atoms with van der Waals surface area (Å²) in [6.07, 6.45) is 0. The molecule has 0 spiro atoms. The van der Waals surface area contributed by atoms with Crippen molar-refractivity contribution < 1.29 is 4.74 Å². The Kier molecular flexibility index (Phi) is 2.90. The molecule has 2 aromatic carbocycles. The number of nitrogens with zero attached hydrogens (tertiary/aromatic N) is 2. The van der Waals surface area contributed by atoms with Gasteiger partial charge in [0.2, 0.25) is 5.71 Å². The summed E-state index contributed by atoms with van der Waals surface area (Å²) in [7, 11) is 0. The quantitative estimate of drug-likeness (QED) is 0.605. The molecular formula is C17H16N2O. The maximum Gasteiger partial charge on any atom is 0.319 e. The molecule has 3 nitrogen and oxygen atoms in total. The molecule has 0 amide bonds. The second-order valence-electron chi connectivity index (χ2n) is 4.98. The van der Waals surface area contributed by atoms with E-state index in [2.05, 4.69) is 0 Å². The standard InChI is InChI=1S/C17H16N2O/c1-13-14(2)19(20)17(18-13,15-9-5-3-6-10-15)16-11-7-4-8-12-16/h3-12H,1-2H3. The first kappa shape index (κ1) is 12.6. The molecule has 3 rings (SSSR count). The van der Waals surface area contributed by atoms with Crippen LogP contribution in [0.25, 0.3) is 0 Å². The molecule has 1 aliphatic rings. The summed E-state index contributed by atoms with van der Waals surface area (Å²) in [5, 5.41) is 12.8. The summed E-state index contributed by atoms with van der Waals surface area (Å²) in [6.45, 7) is 3.70. The third-order valence-electron chi connectivity index (χ3n) is 3.80. The van der Waals surface area contributed by atoms with E-state index < -0.39 is 5.66 Å². The van der Waals surface area contributed by atoms with E-state index in [9.17, 15) is 5.21 Å². The second-order valence-corrected chi connectivity index (χ2v) is 4.98. The number of rotatable bonds is 2. The fourth-order valence-corrected chi connectivity index (χ4v) is 2.63. The molecule has 2 aromatic rings. The van der Waals surface area contributed by atoms with Crippen molar-refractivity contribution >= 4 is 11.4 Å². The van der Waals surface area contributed by atoms with Crippen molar-refractivity contribution in [1.29, 1.82) is 0 Å². The Balaban J connectivity index is 2.32. The van der Waals surface area contributed by atoms with E-state index in [0.29, 0.717) is 5.71 Å². The highest BCUT2D eigenvalue weighted by molar-refractivity contribution is 6.39. The first-order valence-electron chi connectivity index (χ1n) is 6.65. The fourth-order valence-electron chi connectivity index (χ4n) is 2.63. The van der Waals surface area contributed by atoms with Crippen LogP contribution in [0.3, 0.4) is 0 Å². The lowest BCUT2D eigenvalue weighted by atomic mass is 9.92. The van der Waals surface area contributed by atoms with Gasteiger partial charge in [0, 0.05) is 6.92 Å². The molecule has 100 valence electrons. The fraction of sp³-hybridized carbons (Fsp3) is 0.176. The predicted molar refractivity (Wildman–Crippen MR) is 81.1 cm³/mol. The SMILES string of the molecule is CC1=NC(c2ccccc2)(c2ccccc2)[N+]([O-])=C1C. The Morgan fingerprint density at radius 1 is 0.850 bits per heavy atom. The van der Waals surface area contributed by atoms with Gasteiger partial charge < -0.3 is 5.21 Å². The average Bonchev–Trinajstić information content (AvgIpc) is 2.74. The van der Waals surface area contributed by atoms with Gasteiger partial charge in [0.15, 0.2) is 0 Å². The normalized spacial score (nSPS) is 17.2. The van der Waals surface area contributed by atoms with Crippen LogP contribution in [0.15, 0.2) is 65.7 Å². The molecule has 0 atom stereocenters. The Morgan fingerprint density at radius 2 is 1.30 bits per heavy atom. The van der Waals surface area contributed by atoms with Crippen LogP contribution >= 0.6 is 0 Å². The zero-order valence-electron chi connectivity index (χ0n) is 11.6. The smallest absolute Gasteiger partial charge is 0.319 e. The largest absolute Gasteiger partial charge is 0.621 e. The number of hydrogen-bond acceptors (Lipinski definition) is 2. The van der Waals surface area contributed by atoms with Crippen LogP contribution in [0.2, 0.25) is 0 Å². The van der Waals surface area contributed by atoms with Gasteiger partial charge >= 0.3 is 5.66 Å². The van der Waals surface area contributed by atoms with Crippen molar-refractivity contribution in [2.75, 3.05) is 0 Å². The Hall–Kier alpha value is -2.42. The van der Waals surface area contributed by atoms with Gasteiger partial charge in [-0.05, 0) is 31.2 Å². The number of aliphatic imine (C=N–C) groups is 1. The first-order valence-corrected chi connectivity index (χ1v) is 6.65. The van der Waals surface area contributed by atoms with Gasteiger partial charge in [0.25, 0.3) is 0 Å². The predicted octanol–water partition coefficient (Wildman–Crippen LogP) is 3.33. The third kappa shape index (κ3) is 1.67. The topological polar surface area (TPSA) is 38.4 Å². The summed E-state index contributed by atoms with van der Waals surface area (Å²) < 4.78 is 1.02. The van der Waals surface area contributed by atoms with Crippen LogP contribution in [-0.4, -0.2) is 16.2 Å². The highest BCUT2D eigenvalue weighted by Crippen LogP contribution is 2.37. The molecular weight excluding hydrogens is 248 g/mol. The number of hydroxylamine groups is 1. The van der Waals surface area contributed by atoms with Crippen molar-refractivity contribution in [3.63, 3.8) is 0 Å². The van der Waals surface area contributed by atoms with E-state index in [0.717, 1.165) is 21.6 Å². The minimum absolute atomic E-state index is 0.665. The van der Waals surface area contributed by atoms with Crippen LogP contribution in [-0.2, 0) is 5.66 Å². The number of hydrogen-bond donors (Lipinski definition) is 0. The zero-order chi connectivity index (χ0) is 14.2. The van der Waals surface area contributed by atoms with E-state index in [1.165, 1.54) is 0 Å². The second kappa shape index (κ2) is 4.60. The maximum atomic E-state index is 12.8. The summed E-state index contributed by atoms with van der Waals surface area (Å²) in [5.41, 5.74) is 2.23. The Labute approximate surface area is 118 Å². The van der Waals surface area contributed by atoms with E-state index in [4.69, 9.17) is 4.99 Å². The average molecular weight is 264 g/mol. The van der Waals surface area contributed by atoms with Crippen LogP contribution in [0, 0.1) is 5.21 Å². The Morgan fingerprint density at radius 3 is 1.65 bits per heavy atom. The molecule has 0 unspecified atom stereocenters. The molecule has 0 radical (unpaired) electrons. The zero-order valence-corrected chi connectivity index (χ0v) is 11.6. The molecule has 0 N–H and O–H groups in total. The molecule has 1 heterocycles. The van der Waals surface area contributed by atoms with Crippen molar-refractivity contribution in [2.24, 2.45) is 4.99 Å². The minimum atomic E-state index is -0.989. The van der Waals surface area contributed by atoms with Crippen molar-refractivity contribution in [3.8, 4) is 0 Å². The molecule has 20 heavy (non-hydrogen) atoms. The van der Waals surface area contributed by atoms with Crippen LogP contribution < -0.4 is 0 Å². The van der Waals surface area contributed by atoms with Crippen LogP contribution in [0.1, 0.15) is 25.0 Å². The maximum absolute atomic E-state index is 12.8. The highest BCUT2D eigenvalue weighted by Gasteiger charge is 2.48. The summed E-state index contributed by atoms with van der Waals surface area (Å²) in [5.74, 6) is 0. The van der Waals surface area contributed by atoms with E-state index >= 15 is 0 Å². The summed E-state index contributed by atoms with van der Waals surface area (Å²) >= 11 is 0. The Bertz CT molecular complexity index is 648. The van der Waals surface area contributed by atoms with Gasteiger partial charge in [0.05, 0.1) is 11.1 Å². The van der Waals surface area contributed by atoms with Gasteiger partial charge in [-0.2, -0.15) is 4.74 Å². The monoisotopic (exact) mass is 264 g/mol. The summed E-state index contributed by atoms with van der Waals surface area (Å²) in [4.78, 5) is 4.72. The summed E-state index contributed by atoms with van der Waals surface area (Å²) in [6, 6.07) is 19.4. The lowest BCUT2D eigenvalue weighted by Gasteiger charge is -2.26. The van der Waals surface area contributed by atoms with Crippen molar-refractivity contribution in [2.45, 2.75) is 19.5 Å². The van der Waals surface area contributed by atoms with E-state index in [1.807, 2.05) is 74.5 Å². The van der Waals surface area contributed by atoms with Gasteiger partial charge in [0.1, 0.15) is 5.71 Å². The van der Waals surface area contributed by atoms with Gasteiger partial charge in [-0.15, -0.1) is 0 Å². The van der Waals surface area contributed by atoms with Gasteiger partial charge in [-0.25, -0.2) is 4.99 Å². The number of benzene rings is 2. The first-order chi connectivity index (χ1) is 9.66. The van der Waals surface area contributed by atoms with Gasteiger partial charge in [-0.3, -0.25) is 0 Å². The molecule has 1 aliphatic heterocycles. The lowest BCUT2D eigenvalue weighted by Crippen LogP contribution is -2.34. The molecule has 0 aromatic heterocycles. The van der Waals surface area contributed by atoms with E-state index in [-0.39, 0.29) is 0 Å². The minimum Gasteiger partial charge on any atom is -0.621 e. The molecule has 0 bridgehead atoms. The van der Waals surface area contributed by atoms with Gasteiger partial charge in [-0.1, -0.05) is 36.4 Å². The molecule has 0 saturated carbocycles. The van der Waals surface area contributed by atoms with Crippen LogP contribution in [0.4, 0.5) is 0 Å².